The zero-order chi connectivity index (χ0) is 29.1. The van der Waals surface area contributed by atoms with Crippen LogP contribution in [-0.4, -0.2) is 57.4 Å². The van der Waals surface area contributed by atoms with E-state index in [1.54, 1.807) is 42.5 Å². The molecule has 214 valence electrons. The Morgan fingerprint density at radius 3 is 2.15 bits per heavy atom. The number of carbonyl (C=O) groups excluding carboxylic acids is 2. The number of nitrogens with one attached hydrogen (secondary N) is 1. The lowest BCUT2D eigenvalue weighted by Gasteiger charge is -2.33. The lowest BCUT2D eigenvalue weighted by atomic mass is 10.1. The minimum atomic E-state index is -4.12. The van der Waals surface area contributed by atoms with Gasteiger partial charge < -0.3 is 15.0 Å². The smallest absolute Gasteiger partial charge is 0.264 e. The van der Waals surface area contributed by atoms with Gasteiger partial charge in [-0.3, -0.25) is 13.9 Å². The van der Waals surface area contributed by atoms with E-state index >= 15 is 0 Å². The number of hydrogen-bond donors (Lipinski definition) is 1. The summed E-state index contributed by atoms with van der Waals surface area (Å²) < 4.78 is 34.1. The van der Waals surface area contributed by atoms with Gasteiger partial charge in [0.2, 0.25) is 11.8 Å². The van der Waals surface area contributed by atoms with Crippen molar-refractivity contribution in [3.63, 3.8) is 0 Å². The molecule has 9 heteroatoms. The second kappa shape index (κ2) is 14.5. The number of methoxy groups -OCH3 is 1. The zero-order valence-electron chi connectivity index (χ0n) is 23.6. The van der Waals surface area contributed by atoms with Crippen molar-refractivity contribution in [1.29, 1.82) is 0 Å². The molecule has 0 aromatic heterocycles. The first-order valence-electron chi connectivity index (χ1n) is 13.6. The van der Waals surface area contributed by atoms with Crippen molar-refractivity contribution in [3.05, 3.63) is 90.5 Å². The van der Waals surface area contributed by atoms with Crippen LogP contribution in [0, 0.1) is 0 Å². The molecular weight excluding hydrogens is 526 g/mol. The minimum absolute atomic E-state index is 0.0561. The molecule has 40 heavy (non-hydrogen) atoms. The Kier molecular flexibility index (Phi) is 11.1. The molecule has 2 atom stereocenters. The lowest BCUT2D eigenvalue weighted by molar-refractivity contribution is -0.139. The van der Waals surface area contributed by atoms with Crippen LogP contribution < -0.4 is 14.4 Å². The highest BCUT2D eigenvalue weighted by Gasteiger charge is 2.33. The number of nitrogens with zero attached hydrogens (tertiary/aromatic N) is 2. The molecule has 2 amide bonds. The Hall–Kier alpha value is -3.85. The van der Waals surface area contributed by atoms with Gasteiger partial charge >= 0.3 is 0 Å². The van der Waals surface area contributed by atoms with Gasteiger partial charge in [0.05, 0.1) is 17.7 Å². The first-order chi connectivity index (χ1) is 19.2. The molecule has 0 saturated heterocycles. The molecule has 1 N–H and O–H groups in total. The molecule has 0 aliphatic carbocycles. The van der Waals surface area contributed by atoms with Crippen LogP contribution in [0.4, 0.5) is 5.69 Å². The summed E-state index contributed by atoms with van der Waals surface area (Å²) in [5.74, 6) is -0.264. The van der Waals surface area contributed by atoms with E-state index in [0.717, 1.165) is 16.3 Å². The number of anilines is 1. The third kappa shape index (κ3) is 7.85. The van der Waals surface area contributed by atoms with Gasteiger partial charge in [0.25, 0.3) is 10.0 Å². The van der Waals surface area contributed by atoms with Gasteiger partial charge in [-0.05, 0) is 56.0 Å². The predicted molar refractivity (Wildman–Crippen MR) is 158 cm³/mol. The van der Waals surface area contributed by atoms with Gasteiger partial charge in [-0.2, -0.15) is 0 Å². The summed E-state index contributed by atoms with van der Waals surface area (Å²) in [5, 5.41) is 2.99. The molecule has 0 bridgehead atoms. The summed E-state index contributed by atoms with van der Waals surface area (Å²) in [6.45, 7) is 5.52. The number of amides is 2. The fraction of sp³-hybridized carbons (Fsp3) is 0.355. The first kappa shape index (κ1) is 30.7. The maximum Gasteiger partial charge on any atom is 0.264 e. The van der Waals surface area contributed by atoms with Crippen LogP contribution in [0.3, 0.4) is 0 Å². The van der Waals surface area contributed by atoms with E-state index in [2.05, 4.69) is 5.32 Å². The van der Waals surface area contributed by atoms with E-state index in [4.69, 9.17) is 4.74 Å². The van der Waals surface area contributed by atoms with Crippen LogP contribution in [0.1, 0.15) is 39.2 Å². The minimum Gasteiger partial charge on any atom is -0.497 e. The van der Waals surface area contributed by atoms with E-state index < -0.39 is 28.5 Å². The fourth-order valence-corrected chi connectivity index (χ4v) is 5.78. The van der Waals surface area contributed by atoms with Gasteiger partial charge in [0.15, 0.2) is 0 Å². The molecule has 8 nitrogen and oxygen atoms in total. The number of ether oxygens (including phenoxy) is 1. The fourth-order valence-electron chi connectivity index (χ4n) is 4.35. The normalized spacial score (nSPS) is 12.7. The standard InChI is InChI=1S/C31H39N3O5S/c1-5-24(3)32-31(36)29(6-2)33(21-20-25-14-9-7-10-15-25)30(35)23-34(26-16-13-17-27(22-26)39-4)40(37,38)28-18-11-8-12-19-28/h7-19,22,24,29H,5-6,20-21,23H2,1-4H3,(H,32,36)/t24-,29+/m1/s1. The third-order valence-corrected chi connectivity index (χ3v) is 8.61. The Morgan fingerprint density at radius 2 is 1.55 bits per heavy atom. The van der Waals surface area contributed by atoms with Crippen LogP contribution in [0.2, 0.25) is 0 Å². The number of rotatable bonds is 14. The molecule has 3 rings (SSSR count). The van der Waals surface area contributed by atoms with E-state index in [-0.39, 0.29) is 29.1 Å². The molecule has 0 spiro atoms. The van der Waals surface area contributed by atoms with E-state index in [9.17, 15) is 18.0 Å². The second-order valence-electron chi connectivity index (χ2n) is 9.59. The summed E-state index contributed by atoms with van der Waals surface area (Å²) in [5.41, 5.74) is 1.30. The highest BCUT2D eigenvalue weighted by atomic mass is 32.2. The maximum atomic E-state index is 14.0. The van der Waals surface area contributed by atoms with Crippen LogP contribution in [-0.2, 0) is 26.0 Å². The zero-order valence-corrected chi connectivity index (χ0v) is 24.4. The van der Waals surface area contributed by atoms with Crippen LogP contribution >= 0.6 is 0 Å². The van der Waals surface area contributed by atoms with Gasteiger partial charge in [0.1, 0.15) is 18.3 Å². The highest BCUT2D eigenvalue weighted by Crippen LogP contribution is 2.27. The van der Waals surface area contributed by atoms with Crippen molar-refractivity contribution in [3.8, 4) is 5.75 Å². The van der Waals surface area contributed by atoms with Crippen molar-refractivity contribution >= 4 is 27.5 Å². The van der Waals surface area contributed by atoms with Gasteiger partial charge in [-0.1, -0.05) is 68.4 Å². The largest absolute Gasteiger partial charge is 0.497 e. The van der Waals surface area contributed by atoms with E-state index in [1.807, 2.05) is 51.1 Å². The van der Waals surface area contributed by atoms with Crippen LogP contribution in [0.5, 0.6) is 5.75 Å². The van der Waals surface area contributed by atoms with Crippen molar-refractivity contribution in [1.82, 2.24) is 10.2 Å². The molecule has 0 radical (unpaired) electrons. The summed E-state index contributed by atoms with van der Waals surface area (Å²) in [7, 11) is -2.63. The predicted octanol–water partition coefficient (Wildman–Crippen LogP) is 4.66. The Balaban J connectivity index is 2.01. The molecule has 0 heterocycles. The number of hydrogen-bond acceptors (Lipinski definition) is 5. The van der Waals surface area contributed by atoms with Crippen molar-refractivity contribution < 1.29 is 22.7 Å². The van der Waals surface area contributed by atoms with Gasteiger partial charge in [0, 0.05) is 18.7 Å². The molecule has 0 fully saturated rings. The SMILES string of the molecule is CC[C@@H](C)NC(=O)[C@H](CC)N(CCc1ccccc1)C(=O)CN(c1cccc(OC)c1)S(=O)(=O)c1ccccc1. The summed E-state index contributed by atoms with van der Waals surface area (Å²) in [6.07, 6.45) is 1.65. The average Bonchev–Trinajstić information content (AvgIpc) is 2.98. The molecule has 0 aliphatic heterocycles. The lowest BCUT2D eigenvalue weighted by Crippen LogP contribution is -2.54. The summed E-state index contributed by atoms with van der Waals surface area (Å²) in [6, 6.07) is 23.5. The van der Waals surface area contributed by atoms with E-state index in [0.29, 0.717) is 18.6 Å². The monoisotopic (exact) mass is 565 g/mol. The molecule has 0 aliphatic rings. The van der Waals surface area contributed by atoms with Crippen LogP contribution in [0.15, 0.2) is 89.8 Å². The summed E-state index contributed by atoms with van der Waals surface area (Å²) >= 11 is 0. The van der Waals surface area contributed by atoms with Crippen molar-refractivity contribution in [2.24, 2.45) is 0 Å². The molecule has 0 unspecified atom stereocenters. The molecule has 0 saturated carbocycles. The van der Waals surface area contributed by atoms with Crippen molar-refractivity contribution in [2.75, 3.05) is 24.5 Å². The number of sulfonamides is 1. The molecular formula is C31H39N3O5S. The topological polar surface area (TPSA) is 96.0 Å². The third-order valence-electron chi connectivity index (χ3n) is 6.82. The first-order valence-corrected chi connectivity index (χ1v) is 15.0. The van der Waals surface area contributed by atoms with E-state index in [1.165, 1.54) is 24.1 Å². The highest BCUT2D eigenvalue weighted by molar-refractivity contribution is 7.92. The Morgan fingerprint density at radius 1 is 0.900 bits per heavy atom. The quantitative estimate of drug-likeness (QED) is 0.307. The second-order valence-corrected chi connectivity index (χ2v) is 11.5. The Labute approximate surface area is 238 Å². The van der Waals surface area contributed by atoms with Crippen molar-refractivity contribution in [2.45, 2.75) is 57.0 Å². The number of benzene rings is 3. The van der Waals surface area contributed by atoms with Gasteiger partial charge in [-0.15, -0.1) is 0 Å². The van der Waals surface area contributed by atoms with Gasteiger partial charge in [-0.25, -0.2) is 8.42 Å². The number of carbonyl (C=O) groups is 2. The average molecular weight is 566 g/mol. The van der Waals surface area contributed by atoms with Crippen LogP contribution in [0.25, 0.3) is 0 Å². The maximum absolute atomic E-state index is 14.0. The molecule has 3 aromatic rings. The summed E-state index contributed by atoms with van der Waals surface area (Å²) in [4.78, 5) is 28.9. The Bertz CT molecular complexity index is 1350. The molecule has 3 aromatic carbocycles.